The molecule has 0 bridgehead atoms. The van der Waals surface area contributed by atoms with E-state index in [9.17, 15) is 0 Å². The number of nitrogens with one attached hydrogen (secondary N) is 1. The van der Waals surface area contributed by atoms with E-state index in [-0.39, 0.29) is 0 Å². The third kappa shape index (κ3) is 5.87. The van der Waals surface area contributed by atoms with E-state index >= 15 is 0 Å². The van der Waals surface area contributed by atoms with Gasteiger partial charge in [0.25, 0.3) is 0 Å². The average Bonchev–Trinajstić information content (AvgIpc) is 2.54. The predicted molar refractivity (Wildman–Crippen MR) is 76.4 cm³/mol. The summed E-state index contributed by atoms with van der Waals surface area (Å²) in [7, 11) is 0. The van der Waals surface area contributed by atoms with Crippen molar-refractivity contribution < 1.29 is 0 Å². The Morgan fingerprint density at radius 3 is 2.59 bits per heavy atom. The molecule has 2 nitrogen and oxygen atoms in total. The Balaban J connectivity index is 2.26. The molecule has 0 aromatic rings. The van der Waals surface area contributed by atoms with E-state index in [2.05, 4.69) is 37.9 Å². The highest BCUT2D eigenvalue weighted by Gasteiger charge is 2.18. The first kappa shape index (κ1) is 15.0. The number of nitrogens with zero attached hydrogens (tertiary/aromatic N) is 1. The van der Waals surface area contributed by atoms with Gasteiger partial charge in [-0.15, -0.1) is 0 Å². The summed E-state index contributed by atoms with van der Waals surface area (Å²) in [6.45, 7) is 13.1. The number of hydrogen-bond acceptors (Lipinski definition) is 2. The minimum absolute atomic E-state index is 0.683. The Kier molecular flexibility index (Phi) is 7.14. The van der Waals surface area contributed by atoms with Gasteiger partial charge in [-0.3, -0.25) is 0 Å². The lowest BCUT2D eigenvalue weighted by molar-refractivity contribution is 0.293. The van der Waals surface area contributed by atoms with Gasteiger partial charge < -0.3 is 10.2 Å². The van der Waals surface area contributed by atoms with Crippen molar-refractivity contribution >= 4 is 0 Å². The summed E-state index contributed by atoms with van der Waals surface area (Å²) in [5.74, 6) is 0.857. The van der Waals surface area contributed by atoms with E-state index in [1.165, 1.54) is 51.7 Å². The lowest BCUT2D eigenvalue weighted by Crippen LogP contribution is -2.38. The van der Waals surface area contributed by atoms with Crippen molar-refractivity contribution in [2.24, 2.45) is 5.92 Å². The Morgan fingerprint density at radius 2 is 1.94 bits per heavy atom. The van der Waals surface area contributed by atoms with Gasteiger partial charge >= 0.3 is 0 Å². The summed E-state index contributed by atoms with van der Waals surface area (Å²) >= 11 is 0. The Hall–Kier alpha value is -0.0800. The van der Waals surface area contributed by atoms with Crippen molar-refractivity contribution in [1.29, 1.82) is 0 Å². The van der Waals surface area contributed by atoms with Crippen molar-refractivity contribution in [3.63, 3.8) is 0 Å². The van der Waals surface area contributed by atoms with Crippen LogP contribution in [0.25, 0.3) is 0 Å². The van der Waals surface area contributed by atoms with E-state index in [4.69, 9.17) is 0 Å². The zero-order valence-corrected chi connectivity index (χ0v) is 12.3. The summed E-state index contributed by atoms with van der Waals surface area (Å²) in [6.07, 6.45) is 6.69. The largest absolute Gasteiger partial charge is 0.311 e. The maximum atomic E-state index is 3.84. The Labute approximate surface area is 108 Å². The van der Waals surface area contributed by atoms with Gasteiger partial charge in [-0.25, -0.2) is 0 Å². The molecule has 0 saturated carbocycles. The first-order chi connectivity index (χ1) is 8.15. The Bertz CT molecular complexity index is 193. The zero-order chi connectivity index (χ0) is 12.7. The first-order valence-corrected chi connectivity index (χ1v) is 7.64. The number of likely N-dealkylation sites (tertiary alicyclic amines) is 1. The average molecular weight is 240 g/mol. The molecule has 0 amide bonds. The van der Waals surface area contributed by atoms with Gasteiger partial charge in [0.1, 0.15) is 0 Å². The summed E-state index contributed by atoms with van der Waals surface area (Å²) < 4.78 is 0. The van der Waals surface area contributed by atoms with Crippen molar-refractivity contribution in [1.82, 2.24) is 10.2 Å². The minimum atomic E-state index is 0.683. The standard InChI is InChI=1S/C15H32N2/c1-5-13(3)12-14(4)16-15-8-7-10-17(6-2)11-9-15/h13-16H,5-12H2,1-4H3. The highest BCUT2D eigenvalue weighted by Crippen LogP contribution is 2.14. The van der Waals surface area contributed by atoms with Gasteiger partial charge in [0, 0.05) is 12.1 Å². The molecule has 1 heterocycles. The summed E-state index contributed by atoms with van der Waals surface area (Å²) in [5, 5.41) is 3.84. The molecule has 2 heteroatoms. The quantitative estimate of drug-likeness (QED) is 0.766. The molecule has 0 aliphatic carbocycles. The highest BCUT2D eigenvalue weighted by atomic mass is 15.1. The molecule has 1 aliphatic heterocycles. The first-order valence-electron chi connectivity index (χ1n) is 7.64. The number of hydrogen-bond donors (Lipinski definition) is 1. The molecule has 0 spiro atoms. The molecule has 0 aromatic carbocycles. The molecular formula is C15H32N2. The fraction of sp³-hybridized carbons (Fsp3) is 1.00. The van der Waals surface area contributed by atoms with Crippen LogP contribution < -0.4 is 5.32 Å². The van der Waals surface area contributed by atoms with Gasteiger partial charge in [-0.1, -0.05) is 27.2 Å². The van der Waals surface area contributed by atoms with Gasteiger partial charge in [0.2, 0.25) is 0 Å². The van der Waals surface area contributed by atoms with E-state index in [0.29, 0.717) is 6.04 Å². The molecule has 1 rings (SSSR count). The minimum Gasteiger partial charge on any atom is -0.311 e. The third-order valence-electron chi connectivity index (χ3n) is 4.24. The zero-order valence-electron chi connectivity index (χ0n) is 12.3. The van der Waals surface area contributed by atoms with Gasteiger partial charge in [0.05, 0.1) is 0 Å². The normalized spacial score (nSPS) is 26.5. The molecule has 3 atom stereocenters. The van der Waals surface area contributed by atoms with Crippen molar-refractivity contribution in [2.45, 2.75) is 71.9 Å². The van der Waals surface area contributed by atoms with E-state index < -0.39 is 0 Å². The van der Waals surface area contributed by atoms with Crippen LogP contribution in [-0.2, 0) is 0 Å². The lowest BCUT2D eigenvalue weighted by atomic mass is 9.99. The van der Waals surface area contributed by atoms with Crippen LogP contribution in [0.3, 0.4) is 0 Å². The van der Waals surface area contributed by atoms with Crippen LogP contribution in [0.4, 0.5) is 0 Å². The van der Waals surface area contributed by atoms with E-state index in [0.717, 1.165) is 12.0 Å². The van der Waals surface area contributed by atoms with Crippen LogP contribution in [0.1, 0.15) is 59.8 Å². The maximum Gasteiger partial charge on any atom is 0.00821 e. The van der Waals surface area contributed by atoms with Gasteiger partial charge in [-0.05, 0) is 58.2 Å². The second-order valence-electron chi connectivity index (χ2n) is 5.88. The van der Waals surface area contributed by atoms with Crippen LogP contribution in [0.5, 0.6) is 0 Å². The summed E-state index contributed by atoms with van der Waals surface area (Å²) in [6, 6.07) is 1.44. The molecule has 1 fully saturated rings. The molecular weight excluding hydrogens is 208 g/mol. The van der Waals surface area contributed by atoms with Crippen LogP contribution in [0.15, 0.2) is 0 Å². The highest BCUT2D eigenvalue weighted by molar-refractivity contribution is 4.77. The van der Waals surface area contributed by atoms with Gasteiger partial charge in [-0.2, -0.15) is 0 Å². The predicted octanol–water partition coefficient (Wildman–Crippen LogP) is 3.28. The SMILES string of the molecule is CCC(C)CC(C)NC1CCCN(CC)CC1. The monoisotopic (exact) mass is 240 g/mol. The lowest BCUT2D eigenvalue weighted by Gasteiger charge is -2.24. The molecule has 1 N–H and O–H groups in total. The molecule has 3 unspecified atom stereocenters. The second kappa shape index (κ2) is 8.10. The molecule has 0 radical (unpaired) electrons. The van der Waals surface area contributed by atoms with Crippen LogP contribution in [0.2, 0.25) is 0 Å². The van der Waals surface area contributed by atoms with E-state index in [1.807, 2.05) is 0 Å². The van der Waals surface area contributed by atoms with Crippen LogP contribution in [0, 0.1) is 5.92 Å². The summed E-state index contributed by atoms with van der Waals surface area (Å²) in [4.78, 5) is 2.58. The molecule has 1 saturated heterocycles. The summed E-state index contributed by atoms with van der Waals surface area (Å²) in [5.41, 5.74) is 0. The Morgan fingerprint density at radius 1 is 1.18 bits per heavy atom. The molecule has 102 valence electrons. The third-order valence-corrected chi connectivity index (χ3v) is 4.24. The van der Waals surface area contributed by atoms with Crippen LogP contribution >= 0.6 is 0 Å². The van der Waals surface area contributed by atoms with Crippen molar-refractivity contribution in [3.8, 4) is 0 Å². The van der Waals surface area contributed by atoms with Gasteiger partial charge in [0.15, 0.2) is 0 Å². The van der Waals surface area contributed by atoms with Crippen LogP contribution in [-0.4, -0.2) is 36.6 Å². The van der Waals surface area contributed by atoms with Crippen molar-refractivity contribution in [2.75, 3.05) is 19.6 Å². The fourth-order valence-electron chi connectivity index (χ4n) is 2.88. The topological polar surface area (TPSA) is 15.3 Å². The maximum absolute atomic E-state index is 3.84. The molecule has 0 aromatic heterocycles. The molecule has 17 heavy (non-hydrogen) atoms. The smallest absolute Gasteiger partial charge is 0.00821 e. The molecule has 1 aliphatic rings. The second-order valence-corrected chi connectivity index (χ2v) is 5.88. The fourth-order valence-corrected chi connectivity index (χ4v) is 2.88. The van der Waals surface area contributed by atoms with Crippen molar-refractivity contribution in [3.05, 3.63) is 0 Å². The van der Waals surface area contributed by atoms with E-state index in [1.54, 1.807) is 0 Å². The number of rotatable bonds is 6.